The zero-order valence-corrected chi connectivity index (χ0v) is 17.7. The number of anilines is 4. The van der Waals surface area contributed by atoms with E-state index in [1.165, 1.54) is 0 Å². The van der Waals surface area contributed by atoms with Crippen molar-refractivity contribution in [3.63, 3.8) is 0 Å². The molecule has 10 heteroatoms. The van der Waals surface area contributed by atoms with Gasteiger partial charge in [0, 0.05) is 27.3 Å². The molecular weight excluding hydrogens is 474 g/mol. The molecule has 0 radical (unpaired) electrons. The molecule has 4 N–H and O–H groups in total. The first kappa shape index (κ1) is 20.1. The molecule has 8 nitrogen and oxygen atoms in total. The number of nitrogens with zero attached hydrogens (tertiary/aromatic N) is 1. The van der Waals surface area contributed by atoms with Crippen molar-refractivity contribution in [3.05, 3.63) is 73.9 Å². The predicted molar refractivity (Wildman–Crippen MR) is 118 cm³/mol. The Kier molecular flexibility index (Phi) is 5.56. The van der Waals surface area contributed by atoms with Crippen molar-refractivity contribution in [3.8, 4) is 0 Å². The van der Waals surface area contributed by atoms with Crippen LogP contribution in [0.1, 0.15) is 17.9 Å². The van der Waals surface area contributed by atoms with Crippen molar-refractivity contribution < 1.29 is 9.59 Å². The first-order valence-electron chi connectivity index (χ1n) is 8.92. The highest BCUT2D eigenvalue weighted by Crippen LogP contribution is 2.30. The molecule has 0 aliphatic carbocycles. The maximum Gasteiger partial charge on any atom is 0.258 e. The van der Waals surface area contributed by atoms with Gasteiger partial charge < -0.3 is 16.0 Å². The molecule has 1 aliphatic heterocycles. The minimum Gasteiger partial charge on any atom is -0.326 e. The molecule has 2 aromatic carbocycles. The lowest BCUT2D eigenvalue weighted by atomic mass is 9.92. The van der Waals surface area contributed by atoms with Gasteiger partial charge >= 0.3 is 0 Å². The second-order valence-electron chi connectivity index (χ2n) is 6.61. The smallest absolute Gasteiger partial charge is 0.258 e. The zero-order chi connectivity index (χ0) is 21.3. The van der Waals surface area contributed by atoms with E-state index in [1.54, 1.807) is 48.5 Å². The Morgan fingerprint density at radius 1 is 1.13 bits per heavy atom. The topological polar surface area (TPSA) is 116 Å². The summed E-state index contributed by atoms with van der Waals surface area (Å²) in [5, 5.41) is 8.75. The number of halogens is 2. The van der Waals surface area contributed by atoms with Gasteiger partial charge in [0.1, 0.15) is 5.82 Å². The minimum absolute atomic E-state index is 0.0514. The van der Waals surface area contributed by atoms with Gasteiger partial charge in [-0.25, -0.2) is 0 Å². The third-order valence-corrected chi connectivity index (χ3v) is 5.23. The molecule has 30 heavy (non-hydrogen) atoms. The van der Waals surface area contributed by atoms with E-state index in [0.29, 0.717) is 16.4 Å². The first-order chi connectivity index (χ1) is 14.4. The van der Waals surface area contributed by atoms with Crippen molar-refractivity contribution in [2.75, 3.05) is 16.0 Å². The van der Waals surface area contributed by atoms with Gasteiger partial charge in [-0.1, -0.05) is 33.6 Å². The van der Waals surface area contributed by atoms with Crippen molar-refractivity contribution >= 4 is 62.5 Å². The van der Waals surface area contributed by atoms with Gasteiger partial charge in [0.2, 0.25) is 17.8 Å². The molecule has 1 aromatic heterocycles. The van der Waals surface area contributed by atoms with Crippen LogP contribution in [0.4, 0.5) is 23.1 Å². The van der Waals surface area contributed by atoms with E-state index in [4.69, 9.17) is 11.6 Å². The summed E-state index contributed by atoms with van der Waals surface area (Å²) >= 11 is 9.30. The molecule has 0 saturated heterocycles. The van der Waals surface area contributed by atoms with Crippen molar-refractivity contribution in [1.82, 2.24) is 9.97 Å². The molecule has 0 spiro atoms. The van der Waals surface area contributed by atoms with Crippen LogP contribution in [-0.4, -0.2) is 21.8 Å². The van der Waals surface area contributed by atoms with E-state index in [1.807, 2.05) is 0 Å². The van der Waals surface area contributed by atoms with Crippen molar-refractivity contribution in [2.24, 2.45) is 0 Å². The first-order valence-corrected chi connectivity index (χ1v) is 10.1. The normalized spacial score (nSPS) is 15.1. The fraction of sp³-hybridized carbons (Fsp3) is 0.100. The summed E-state index contributed by atoms with van der Waals surface area (Å²) in [5.41, 5.74) is 0.762. The van der Waals surface area contributed by atoms with Crippen LogP contribution < -0.4 is 21.5 Å². The number of nitrogens with one attached hydrogen (secondary N) is 4. The fourth-order valence-electron chi connectivity index (χ4n) is 3.12. The highest BCUT2D eigenvalue weighted by atomic mass is 79.9. The highest BCUT2D eigenvalue weighted by molar-refractivity contribution is 9.10. The summed E-state index contributed by atoms with van der Waals surface area (Å²) in [5.74, 6) is -1.65. The Labute approximate surface area is 184 Å². The largest absolute Gasteiger partial charge is 0.326 e. The summed E-state index contributed by atoms with van der Waals surface area (Å²) in [4.78, 5) is 44.6. The standard InChI is InChI=1S/C20H15BrClN5O3/c21-10-4-6-12(7-5-10)23-18(29)14-9-15(28)25-17-16(14)19(30)27-20(26-17)24-13-3-1-2-11(22)8-13/h1-8,14H,9H2,(H,23,29)(H3,24,25,26,27,28,30)/t14-/m0/s1. The lowest BCUT2D eigenvalue weighted by Gasteiger charge is -2.23. The fourth-order valence-corrected chi connectivity index (χ4v) is 3.57. The Morgan fingerprint density at radius 2 is 1.90 bits per heavy atom. The quantitative estimate of drug-likeness (QED) is 0.443. The lowest BCUT2D eigenvalue weighted by molar-refractivity contribution is -0.123. The third-order valence-electron chi connectivity index (χ3n) is 4.47. The number of hydrogen-bond donors (Lipinski definition) is 4. The molecule has 152 valence electrons. The average molecular weight is 489 g/mol. The van der Waals surface area contributed by atoms with Crippen molar-refractivity contribution in [1.29, 1.82) is 0 Å². The van der Waals surface area contributed by atoms with E-state index >= 15 is 0 Å². The SMILES string of the molecule is O=C1C[C@H](C(=O)Nc2ccc(Br)cc2)c2c(nc(Nc3cccc(Cl)c3)[nH]c2=O)N1. The molecule has 2 heterocycles. The molecule has 4 rings (SSSR count). The van der Waals surface area contributed by atoms with Gasteiger partial charge in [-0.2, -0.15) is 4.98 Å². The molecule has 0 saturated carbocycles. The zero-order valence-electron chi connectivity index (χ0n) is 15.3. The number of hydrogen-bond acceptors (Lipinski definition) is 5. The second kappa shape index (κ2) is 8.29. The number of amides is 2. The summed E-state index contributed by atoms with van der Waals surface area (Å²) in [7, 11) is 0. The predicted octanol–water partition coefficient (Wildman–Crippen LogP) is 3.99. The number of aromatic amines is 1. The van der Waals surface area contributed by atoms with Gasteiger partial charge in [0.25, 0.3) is 5.56 Å². The van der Waals surface area contributed by atoms with Crippen molar-refractivity contribution in [2.45, 2.75) is 12.3 Å². The van der Waals surface area contributed by atoms with Crippen LogP contribution >= 0.6 is 27.5 Å². The third kappa shape index (κ3) is 4.37. The van der Waals surface area contributed by atoms with E-state index in [-0.39, 0.29) is 23.8 Å². The summed E-state index contributed by atoms with van der Waals surface area (Å²) < 4.78 is 0.864. The summed E-state index contributed by atoms with van der Waals surface area (Å²) in [6, 6.07) is 13.8. The van der Waals surface area contributed by atoms with Gasteiger partial charge in [-0.05, 0) is 42.5 Å². The van der Waals surface area contributed by atoms with Crippen LogP contribution in [0.5, 0.6) is 0 Å². The van der Waals surface area contributed by atoms with Crippen LogP contribution in [0.15, 0.2) is 57.8 Å². The Bertz CT molecular complexity index is 1200. The number of aromatic nitrogens is 2. The summed E-state index contributed by atoms with van der Waals surface area (Å²) in [6.45, 7) is 0. The molecule has 0 bridgehead atoms. The van der Waals surface area contributed by atoms with Crippen LogP contribution in [-0.2, 0) is 9.59 Å². The molecule has 0 fully saturated rings. The number of benzene rings is 2. The summed E-state index contributed by atoms with van der Waals surface area (Å²) in [6.07, 6.45) is -0.152. The lowest BCUT2D eigenvalue weighted by Crippen LogP contribution is -2.36. The second-order valence-corrected chi connectivity index (χ2v) is 7.97. The molecule has 3 aromatic rings. The maximum absolute atomic E-state index is 12.8. The molecule has 2 amide bonds. The van der Waals surface area contributed by atoms with Gasteiger partial charge in [0.15, 0.2) is 0 Å². The van der Waals surface area contributed by atoms with Crippen LogP contribution in [0.2, 0.25) is 5.02 Å². The maximum atomic E-state index is 12.8. The van der Waals surface area contributed by atoms with E-state index in [0.717, 1.165) is 4.47 Å². The van der Waals surface area contributed by atoms with Gasteiger partial charge in [-0.15, -0.1) is 0 Å². The van der Waals surface area contributed by atoms with Crippen LogP contribution in [0.3, 0.4) is 0 Å². The Morgan fingerprint density at radius 3 is 2.63 bits per heavy atom. The van der Waals surface area contributed by atoms with Crippen LogP contribution in [0, 0.1) is 0 Å². The van der Waals surface area contributed by atoms with E-state index < -0.39 is 23.3 Å². The molecule has 1 atom stereocenters. The minimum atomic E-state index is -0.964. The average Bonchev–Trinajstić information content (AvgIpc) is 2.68. The number of carbonyl (C=O) groups is 2. The number of rotatable bonds is 4. The monoisotopic (exact) mass is 487 g/mol. The van der Waals surface area contributed by atoms with Gasteiger partial charge in [0.05, 0.1) is 11.5 Å². The number of H-pyrrole nitrogens is 1. The molecule has 0 unspecified atom stereocenters. The Hall–Kier alpha value is -3.17. The van der Waals surface area contributed by atoms with E-state index in [2.05, 4.69) is 41.8 Å². The van der Waals surface area contributed by atoms with E-state index in [9.17, 15) is 14.4 Å². The Balaban J connectivity index is 1.63. The number of carbonyl (C=O) groups excluding carboxylic acids is 2. The highest BCUT2D eigenvalue weighted by Gasteiger charge is 2.34. The van der Waals surface area contributed by atoms with Crippen LogP contribution in [0.25, 0.3) is 0 Å². The number of fused-ring (bicyclic) bond motifs is 1. The van der Waals surface area contributed by atoms with Gasteiger partial charge in [-0.3, -0.25) is 19.4 Å². The molecular formula is C20H15BrClN5O3. The molecule has 1 aliphatic rings.